The molecule has 0 spiro atoms. The SMILES string of the molecule is CCCCC(CC)(CN)N1CCCOC(C)C1. The molecule has 102 valence electrons. The maximum Gasteiger partial charge on any atom is 0.0674 e. The Morgan fingerprint density at radius 1 is 1.41 bits per heavy atom. The Balaban J connectivity index is 2.72. The molecule has 0 bridgehead atoms. The quantitative estimate of drug-likeness (QED) is 0.777. The fraction of sp³-hybridized carbons (Fsp3) is 1.00. The van der Waals surface area contributed by atoms with Gasteiger partial charge in [0.2, 0.25) is 0 Å². The van der Waals surface area contributed by atoms with Gasteiger partial charge in [-0.3, -0.25) is 4.90 Å². The van der Waals surface area contributed by atoms with Gasteiger partial charge in [-0.1, -0.05) is 26.7 Å². The van der Waals surface area contributed by atoms with Crippen molar-refractivity contribution < 1.29 is 4.74 Å². The molecule has 0 saturated carbocycles. The van der Waals surface area contributed by atoms with Crippen molar-refractivity contribution in [3.63, 3.8) is 0 Å². The monoisotopic (exact) mass is 242 g/mol. The van der Waals surface area contributed by atoms with Crippen LogP contribution in [0, 0.1) is 0 Å². The van der Waals surface area contributed by atoms with Crippen molar-refractivity contribution in [2.45, 2.75) is 64.5 Å². The zero-order valence-electron chi connectivity index (χ0n) is 11.9. The van der Waals surface area contributed by atoms with Crippen LogP contribution in [0.1, 0.15) is 52.9 Å². The molecule has 17 heavy (non-hydrogen) atoms. The van der Waals surface area contributed by atoms with Gasteiger partial charge < -0.3 is 10.5 Å². The predicted octanol–water partition coefficient (Wildman–Crippen LogP) is 2.39. The minimum absolute atomic E-state index is 0.206. The largest absolute Gasteiger partial charge is 0.377 e. The van der Waals surface area contributed by atoms with Crippen molar-refractivity contribution in [3.8, 4) is 0 Å². The molecule has 3 heteroatoms. The molecule has 1 aliphatic heterocycles. The van der Waals surface area contributed by atoms with Gasteiger partial charge in [0.15, 0.2) is 0 Å². The fourth-order valence-electron chi connectivity index (χ4n) is 2.86. The summed E-state index contributed by atoms with van der Waals surface area (Å²) in [5.74, 6) is 0. The summed E-state index contributed by atoms with van der Waals surface area (Å²) >= 11 is 0. The average Bonchev–Trinajstić information content (AvgIpc) is 2.57. The zero-order chi connectivity index (χ0) is 12.7. The van der Waals surface area contributed by atoms with E-state index in [1.807, 2.05) is 0 Å². The smallest absolute Gasteiger partial charge is 0.0674 e. The highest BCUT2D eigenvalue weighted by atomic mass is 16.5. The van der Waals surface area contributed by atoms with Gasteiger partial charge in [-0.25, -0.2) is 0 Å². The Morgan fingerprint density at radius 3 is 2.76 bits per heavy atom. The van der Waals surface area contributed by atoms with Crippen LogP contribution in [0.4, 0.5) is 0 Å². The van der Waals surface area contributed by atoms with Crippen LogP contribution < -0.4 is 5.73 Å². The summed E-state index contributed by atoms with van der Waals surface area (Å²) in [4.78, 5) is 2.60. The first-order valence-electron chi connectivity index (χ1n) is 7.25. The zero-order valence-corrected chi connectivity index (χ0v) is 11.9. The summed E-state index contributed by atoms with van der Waals surface area (Å²) in [6.45, 7) is 10.6. The topological polar surface area (TPSA) is 38.5 Å². The van der Waals surface area contributed by atoms with E-state index < -0.39 is 0 Å². The molecular formula is C14H30N2O. The van der Waals surface area contributed by atoms with Gasteiger partial charge in [0.25, 0.3) is 0 Å². The molecule has 1 saturated heterocycles. The lowest BCUT2D eigenvalue weighted by Gasteiger charge is -2.43. The maximum atomic E-state index is 6.10. The van der Waals surface area contributed by atoms with E-state index in [1.165, 1.54) is 19.3 Å². The number of unbranched alkanes of at least 4 members (excludes halogenated alkanes) is 1. The summed E-state index contributed by atoms with van der Waals surface area (Å²) in [7, 11) is 0. The predicted molar refractivity (Wildman–Crippen MR) is 73.2 cm³/mol. The third-order valence-electron chi connectivity index (χ3n) is 4.16. The van der Waals surface area contributed by atoms with Crippen LogP contribution in [0.25, 0.3) is 0 Å². The molecule has 2 unspecified atom stereocenters. The standard InChI is InChI=1S/C14H30N2O/c1-4-6-8-14(5-2,12-15)16-9-7-10-17-13(3)11-16/h13H,4-12,15H2,1-3H3. The van der Waals surface area contributed by atoms with Gasteiger partial charge in [0.1, 0.15) is 0 Å². The molecule has 0 amide bonds. The number of hydrogen-bond acceptors (Lipinski definition) is 3. The van der Waals surface area contributed by atoms with E-state index in [-0.39, 0.29) is 5.54 Å². The lowest BCUT2D eigenvalue weighted by atomic mass is 9.87. The van der Waals surface area contributed by atoms with E-state index in [0.717, 1.165) is 39.1 Å². The molecule has 1 fully saturated rings. The molecule has 1 heterocycles. The molecule has 3 nitrogen and oxygen atoms in total. The second-order valence-electron chi connectivity index (χ2n) is 5.37. The molecule has 0 aromatic rings. The number of hydrogen-bond donors (Lipinski definition) is 1. The summed E-state index contributed by atoms with van der Waals surface area (Å²) in [5.41, 5.74) is 6.31. The Bertz CT molecular complexity index is 204. The summed E-state index contributed by atoms with van der Waals surface area (Å²) in [5, 5.41) is 0. The third kappa shape index (κ3) is 3.94. The van der Waals surface area contributed by atoms with Gasteiger partial charge in [-0.2, -0.15) is 0 Å². The van der Waals surface area contributed by atoms with Crippen LogP contribution in [0.15, 0.2) is 0 Å². The highest BCUT2D eigenvalue weighted by molar-refractivity contribution is 4.92. The molecule has 2 N–H and O–H groups in total. The van der Waals surface area contributed by atoms with E-state index in [2.05, 4.69) is 25.7 Å². The van der Waals surface area contributed by atoms with Crippen molar-refractivity contribution in [1.82, 2.24) is 4.90 Å². The molecule has 1 rings (SSSR count). The number of rotatable bonds is 6. The Morgan fingerprint density at radius 2 is 2.18 bits per heavy atom. The van der Waals surface area contributed by atoms with E-state index >= 15 is 0 Å². The van der Waals surface area contributed by atoms with E-state index in [9.17, 15) is 0 Å². The third-order valence-corrected chi connectivity index (χ3v) is 4.16. The van der Waals surface area contributed by atoms with Crippen LogP contribution in [0.5, 0.6) is 0 Å². The summed E-state index contributed by atoms with van der Waals surface area (Å²) in [6.07, 6.45) is 6.38. The molecular weight excluding hydrogens is 212 g/mol. The first kappa shape index (κ1) is 14.9. The molecule has 0 aromatic carbocycles. The van der Waals surface area contributed by atoms with Crippen LogP contribution >= 0.6 is 0 Å². The number of nitrogens with two attached hydrogens (primary N) is 1. The van der Waals surface area contributed by atoms with Gasteiger partial charge in [-0.05, 0) is 26.2 Å². The minimum Gasteiger partial charge on any atom is -0.377 e. The lowest BCUT2D eigenvalue weighted by Crippen LogP contribution is -2.55. The van der Waals surface area contributed by atoms with Crippen LogP contribution in [-0.2, 0) is 4.74 Å². The second kappa shape index (κ2) is 7.34. The van der Waals surface area contributed by atoms with Gasteiger partial charge in [0.05, 0.1) is 6.10 Å². The average molecular weight is 242 g/mol. The van der Waals surface area contributed by atoms with Crippen molar-refractivity contribution in [3.05, 3.63) is 0 Å². The number of ether oxygens (including phenoxy) is 1. The lowest BCUT2D eigenvalue weighted by molar-refractivity contribution is 0.0314. The van der Waals surface area contributed by atoms with Gasteiger partial charge in [-0.15, -0.1) is 0 Å². The van der Waals surface area contributed by atoms with Crippen LogP contribution in [0.2, 0.25) is 0 Å². The van der Waals surface area contributed by atoms with Gasteiger partial charge in [0, 0.05) is 31.8 Å². The van der Waals surface area contributed by atoms with Gasteiger partial charge >= 0.3 is 0 Å². The molecule has 2 atom stereocenters. The van der Waals surface area contributed by atoms with Crippen molar-refractivity contribution in [2.75, 3.05) is 26.2 Å². The van der Waals surface area contributed by atoms with E-state index in [4.69, 9.17) is 10.5 Å². The Labute approximate surface area is 107 Å². The van der Waals surface area contributed by atoms with Crippen molar-refractivity contribution in [2.24, 2.45) is 5.73 Å². The minimum atomic E-state index is 0.206. The van der Waals surface area contributed by atoms with E-state index in [0.29, 0.717) is 6.10 Å². The molecule has 0 aliphatic carbocycles. The Hall–Kier alpha value is -0.120. The van der Waals surface area contributed by atoms with Crippen LogP contribution in [0.3, 0.4) is 0 Å². The first-order valence-corrected chi connectivity index (χ1v) is 7.25. The summed E-state index contributed by atoms with van der Waals surface area (Å²) < 4.78 is 5.74. The number of nitrogens with zero attached hydrogens (tertiary/aromatic N) is 1. The maximum absolute atomic E-state index is 6.10. The fourth-order valence-corrected chi connectivity index (χ4v) is 2.86. The van der Waals surface area contributed by atoms with E-state index in [1.54, 1.807) is 0 Å². The van der Waals surface area contributed by atoms with Crippen molar-refractivity contribution >= 4 is 0 Å². The highest BCUT2D eigenvalue weighted by Gasteiger charge is 2.34. The Kier molecular flexibility index (Phi) is 6.45. The van der Waals surface area contributed by atoms with Crippen LogP contribution in [-0.4, -0.2) is 42.8 Å². The molecule has 1 aliphatic rings. The second-order valence-corrected chi connectivity index (χ2v) is 5.37. The van der Waals surface area contributed by atoms with Crippen molar-refractivity contribution in [1.29, 1.82) is 0 Å². The normalized spacial score (nSPS) is 26.5. The summed E-state index contributed by atoms with van der Waals surface area (Å²) in [6, 6.07) is 0. The first-order chi connectivity index (χ1) is 8.18. The molecule has 0 aromatic heterocycles. The molecule has 0 radical (unpaired) electrons. The highest BCUT2D eigenvalue weighted by Crippen LogP contribution is 2.27.